The van der Waals surface area contributed by atoms with Crippen LogP contribution in [0.4, 0.5) is 0 Å². The van der Waals surface area contributed by atoms with Crippen LogP contribution in [-0.4, -0.2) is 40.3 Å². The summed E-state index contributed by atoms with van der Waals surface area (Å²) in [4.78, 5) is 40.0. The molecule has 6 nitrogen and oxygen atoms in total. The van der Waals surface area contributed by atoms with Gasteiger partial charge in [-0.05, 0) is 37.7 Å². The maximum atomic E-state index is 13.4. The number of hydrogen-bond donors (Lipinski definition) is 2. The standard InChI is InChI=1S/C28H44N2O4/c1-2-3-4-5-6-7-8-14-21-30(27(32)22-24-17-12-13-18-26(24)31)25(28(33)29-34)20-19-23-15-10-9-11-16-23/h9-11,15-16,24-25,34H,2-8,12-14,17-22H2,1H3,(H,29,33)/t24?,25-/m1/s1. The van der Waals surface area contributed by atoms with Crippen molar-refractivity contribution in [3.8, 4) is 0 Å². The largest absolute Gasteiger partial charge is 0.331 e. The first-order valence-corrected chi connectivity index (χ1v) is 13.4. The lowest BCUT2D eigenvalue weighted by molar-refractivity contribution is -0.146. The average molecular weight is 473 g/mol. The molecule has 1 saturated carbocycles. The summed E-state index contributed by atoms with van der Waals surface area (Å²) in [6.45, 7) is 2.69. The van der Waals surface area contributed by atoms with Crippen LogP contribution < -0.4 is 5.48 Å². The first-order chi connectivity index (χ1) is 16.6. The Hall–Kier alpha value is -2.21. The molecule has 34 heavy (non-hydrogen) atoms. The summed E-state index contributed by atoms with van der Waals surface area (Å²) in [6, 6.07) is 9.10. The van der Waals surface area contributed by atoms with E-state index in [0.29, 0.717) is 25.8 Å². The van der Waals surface area contributed by atoms with Gasteiger partial charge in [-0.3, -0.25) is 19.6 Å². The molecule has 0 bridgehead atoms. The lowest BCUT2D eigenvalue weighted by Gasteiger charge is -2.32. The van der Waals surface area contributed by atoms with Gasteiger partial charge < -0.3 is 4.90 Å². The zero-order valence-electron chi connectivity index (χ0n) is 21.0. The summed E-state index contributed by atoms with van der Waals surface area (Å²) in [5.74, 6) is -0.781. The molecule has 0 spiro atoms. The van der Waals surface area contributed by atoms with E-state index in [9.17, 15) is 19.6 Å². The van der Waals surface area contributed by atoms with Gasteiger partial charge >= 0.3 is 0 Å². The summed E-state index contributed by atoms with van der Waals surface area (Å²) in [6.07, 6.45) is 13.5. The number of rotatable bonds is 16. The molecule has 2 N–H and O–H groups in total. The van der Waals surface area contributed by atoms with Crippen LogP contribution in [-0.2, 0) is 20.8 Å². The van der Waals surface area contributed by atoms with Crippen molar-refractivity contribution >= 4 is 17.6 Å². The fourth-order valence-electron chi connectivity index (χ4n) is 4.92. The molecule has 0 radical (unpaired) electrons. The number of Topliss-reactive ketones (excluding diaryl/α,β-unsaturated/α-hetero) is 1. The average Bonchev–Trinajstić information content (AvgIpc) is 2.86. The van der Waals surface area contributed by atoms with E-state index >= 15 is 0 Å². The van der Waals surface area contributed by atoms with Crippen molar-refractivity contribution in [2.24, 2.45) is 5.92 Å². The molecule has 2 rings (SSSR count). The third-order valence-corrected chi connectivity index (χ3v) is 7.01. The Kier molecular flexibility index (Phi) is 13.5. The fraction of sp³-hybridized carbons (Fsp3) is 0.679. The van der Waals surface area contributed by atoms with Crippen molar-refractivity contribution in [3.63, 3.8) is 0 Å². The minimum absolute atomic E-state index is 0.148. The summed E-state index contributed by atoms with van der Waals surface area (Å²) in [7, 11) is 0. The van der Waals surface area contributed by atoms with Gasteiger partial charge in [-0.2, -0.15) is 0 Å². The van der Waals surface area contributed by atoms with Crippen LogP contribution >= 0.6 is 0 Å². The molecule has 1 aliphatic rings. The van der Waals surface area contributed by atoms with Gasteiger partial charge in [0.25, 0.3) is 5.91 Å². The van der Waals surface area contributed by atoms with Crippen molar-refractivity contribution in [2.75, 3.05) is 6.54 Å². The SMILES string of the molecule is CCCCCCCCCCN(C(=O)CC1CCCCC1=O)[C@H](CCc1ccccc1)C(=O)NO. The summed E-state index contributed by atoms with van der Waals surface area (Å²) >= 11 is 0. The molecule has 2 atom stereocenters. The Bertz CT molecular complexity index is 737. The van der Waals surface area contributed by atoms with Gasteiger partial charge in [-0.1, -0.05) is 88.6 Å². The smallest absolute Gasteiger partial charge is 0.266 e. The molecule has 0 aromatic heterocycles. The minimum Gasteiger partial charge on any atom is -0.331 e. The first kappa shape index (κ1) is 28.0. The van der Waals surface area contributed by atoms with Crippen molar-refractivity contribution in [3.05, 3.63) is 35.9 Å². The van der Waals surface area contributed by atoms with E-state index in [1.165, 1.54) is 32.1 Å². The Balaban J connectivity index is 2.02. The van der Waals surface area contributed by atoms with Crippen LogP contribution in [0.2, 0.25) is 0 Å². The molecular weight excluding hydrogens is 428 g/mol. The number of nitrogens with zero attached hydrogens (tertiary/aromatic N) is 1. The number of carbonyl (C=O) groups excluding carboxylic acids is 3. The summed E-state index contributed by atoms with van der Waals surface area (Å²) in [5.41, 5.74) is 2.86. The molecule has 6 heteroatoms. The van der Waals surface area contributed by atoms with Crippen molar-refractivity contribution in [2.45, 2.75) is 109 Å². The number of amides is 2. The predicted molar refractivity (Wildman–Crippen MR) is 134 cm³/mol. The second kappa shape index (κ2) is 16.4. The van der Waals surface area contributed by atoms with E-state index in [-0.39, 0.29) is 24.0 Å². The number of carbonyl (C=O) groups is 3. The molecular formula is C28H44N2O4. The number of unbranched alkanes of at least 4 members (excludes halogenated alkanes) is 7. The monoisotopic (exact) mass is 472 g/mol. The van der Waals surface area contributed by atoms with Gasteiger partial charge in [0.15, 0.2) is 0 Å². The molecule has 190 valence electrons. The Morgan fingerprint density at radius 3 is 2.35 bits per heavy atom. The van der Waals surface area contributed by atoms with E-state index in [1.807, 2.05) is 30.3 Å². The van der Waals surface area contributed by atoms with Crippen LogP contribution in [0.25, 0.3) is 0 Å². The highest BCUT2D eigenvalue weighted by atomic mass is 16.5. The van der Waals surface area contributed by atoms with Crippen LogP contribution in [0.15, 0.2) is 30.3 Å². The van der Waals surface area contributed by atoms with E-state index in [1.54, 1.807) is 10.4 Å². The Labute approximate surface area is 205 Å². The zero-order chi connectivity index (χ0) is 24.6. The van der Waals surface area contributed by atoms with Gasteiger partial charge in [-0.25, -0.2) is 5.48 Å². The highest BCUT2D eigenvalue weighted by Crippen LogP contribution is 2.25. The van der Waals surface area contributed by atoms with E-state index < -0.39 is 11.9 Å². The van der Waals surface area contributed by atoms with Gasteiger partial charge in [0.1, 0.15) is 11.8 Å². The van der Waals surface area contributed by atoms with Crippen LogP contribution in [0, 0.1) is 5.92 Å². The summed E-state index contributed by atoms with van der Waals surface area (Å²) in [5, 5.41) is 9.42. The molecule has 1 aromatic rings. The minimum atomic E-state index is -0.749. The van der Waals surface area contributed by atoms with Gasteiger partial charge in [0.05, 0.1) is 0 Å². The number of hydroxylamine groups is 1. The lowest BCUT2D eigenvalue weighted by atomic mass is 9.85. The fourth-order valence-corrected chi connectivity index (χ4v) is 4.92. The molecule has 1 fully saturated rings. The maximum Gasteiger partial charge on any atom is 0.266 e. The van der Waals surface area contributed by atoms with Crippen molar-refractivity contribution in [1.29, 1.82) is 0 Å². The van der Waals surface area contributed by atoms with Crippen molar-refractivity contribution in [1.82, 2.24) is 10.4 Å². The highest BCUT2D eigenvalue weighted by Gasteiger charge is 2.32. The van der Waals surface area contributed by atoms with Crippen LogP contribution in [0.5, 0.6) is 0 Å². The Morgan fingerprint density at radius 1 is 1.03 bits per heavy atom. The quantitative estimate of drug-likeness (QED) is 0.186. The van der Waals surface area contributed by atoms with E-state index in [4.69, 9.17) is 0 Å². The number of hydrogen-bond acceptors (Lipinski definition) is 4. The first-order valence-electron chi connectivity index (χ1n) is 13.4. The van der Waals surface area contributed by atoms with Gasteiger partial charge in [-0.15, -0.1) is 0 Å². The normalized spacial score (nSPS) is 16.8. The Morgan fingerprint density at radius 2 is 1.71 bits per heavy atom. The number of ketones is 1. The number of benzene rings is 1. The molecule has 1 aliphatic carbocycles. The molecule has 0 saturated heterocycles. The topological polar surface area (TPSA) is 86.7 Å². The molecule has 1 aromatic carbocycles. The molecule has 0 heterocycles. The van der Waals surface area contributed by atoms with Gasteiger partial charge in [0, 0.05) is 25.3 Å². The number of aryl methyl sites for hydroxylation is 1. The third-order valence-electron chi connectivity index (χ3n) is 7.01. The second-order valence-electron chi connectivity index (χ2n) is 9.69. The van der Waals surface area contributed by atoms with Gasteiger partial charge in [0.2, 0.25) is 5.91 Å². The zero-order valence-corrected chi connectivity index (χ0v) is 21.0. The van der Waals surface area contributed by atoms with Crippen LogP contribution in [0.3, 0.4) is 0 Å². The molecule has 0 aliphatic heterocycles. The van der Waals surface area contributed by atoms with E-state index in [0.717, 1.165) is 44.1 Å². The molecule has 2 amide bonds. The molecule has 1 unspecified atom stereocenters. The second-order valence-corrected chi connectivity index (χ2v) is 9.69. The maximum absolute atomic E-state index is 13.4. The van der Waals surface area contributed by atoms with Crippen molar-refractivity contribution < 1.29 is 19.6 Å². The third kappa shape index (κ3) is 9.96. The van der Waals surface area contributed by atoms with E-state index in [2.05, 4.69) is 6.92 Å². The summed E-state index contributed by atoms with van der Waals surface area (Å²) < 4.78 is 0. The predicted octanol–water partition coefficient (Wildman–Crippen LogP) is 5.61. The van der Waals surface area contributed by atoms with Crippen LogP contribution in [0.1, 0.15) is 102 Å². The lowest BCUT2D eigenvalue weighted by Crippen LogP contribution is -2.50. The highest BCUT2D eigenvalue weighted by molar-refractivity contribution is 5.90. The number of nitrogens with one attached hydrogen (secondary N) is 1.